The van der Waals surface area contributed by atoms with Crippen LogP contribution in [0.25, 0.3) is 26.4 Å². The molecule has 2 atom stereocenters. The highest BCUT2D eigenvalue weighted by atomic mass is 32.1. The quantitative estimate of drug-likeness (QED) is 0.326. The van der Waals surface area contributed by atoms with Gasteiger partial charge >= 0.3 is 6.09 Å². The molecule has 1 amide bonds. The Bertz CT molecular complexity index is 1420. The van der Waals surface area contributed by atoms with Crippen molar-refractivity contribution in [1.82, 2.24) is 10.2 Å². The molecule has 2 aliphatic rings. The molecule has 3 heterocycles. The average molecular weight is 550 g/mol. The van der Waals surface area contributed by atoms with Crippen LogP contribution in [0.5, 0.6) is 0 Å². The Morgan fingerprint density at radius 2 is 1.79 bits per heavy atom. The largest absolute Gasteiger partial charge is 0.444 e. The molecule has 39 heavy (non-hydrogen) atoms. The summed E-state index contributed by atoms with van der Waals surface area (Å²) in [6.45, 7) is 15.3. The van der Waals surface area contributed by atoms with Gasteiger partial charge in [-0.15, -0.1) is 11.3 Å². The van der Waals surface area contributed by atoms with Crippen LogP contribution in [-0.2, 0) is 11.3 Å². The molecule has 1 aromatic heterocycles. The highest BCUT2D eigenvalue weighted by Gasteiger charge is 2.41. The van der Waals surface area contributed by atoms with Crippen LogP contribution in [0, 0.1) is 25.1 Å². The van der Waals surface area contributed by atoms with Gasteiger partial charge in [-0.05, 0) is 82.7 Å². The predicted octanol–water partition coefficient (Wildman–Crippen LogP) is 8.24. The van der Waals surface area contributed by atoms with E-state index < -0.39 is 11.4 Å². The zero-order valence-corrected chi connectivity index (χ0v) is 23.5. The molecule has 5 rings (SSSR count). The highest BCUT2D eigenvalue weighted by molar-refractivity contribution is 7.16. The number of hydrogen-bond acceptors (Lipinski definition) is 4. The number of nitrogens with one attached hydrogen (secondary N) is 1. The maximum absolute atomic E-state index is 15.1. The van der Waals surface area contributed by atoms with Crippen LogP contribution in [-0.4, -0.2) is 34.7 Å². The lowest BCUT2D eigenvalue weighted by molar-refractivity contribution is 0.0437. The van der Waals surface area contributed by atoms with Crippen LogP contribution in [0.1, 0.15) is 56.9 Å². The molecule has 0 radical (unpaired) electrons. The van der Waals surface area contributed by atoms with Crippen LogP contribution >= 0.6 is 11.3 Å². The summed E-state index contributed by atoms with van der Waals surface area (Å²) < 4.78 is 35.2. The molecular weight excluding hydrogens is 516 g/mol. The molecular formula is C31H33F2N3O2S. The van der Waals surface area contributed by atoms with Gasteiger partial charge in [0, 0.05) is 45.6 Å². The average Bonchev–Trinajstić information content (AvgIpc) is 3.35. The topological polar surface area (TPSA) is 45.9 Å². The van der Waals surface area contributed by atoms with Gasteiger partial charge in [-0.3, -0.25) is 4.90 Å². The van der Waals surface area contributed by atoms with Crippen molar-refractivity contribution >= 4 is 23.1 Å². The van der Waals surface area contributed by atoms with Crippen LogP contribution in [0.4, 0.5) is 19.3 Å². The molecule has 2 fully saturated rings. The number of piperidine rings is 1. The van der Waals surface area contributed by atoms with E-state index in [1.807, 2.05) is 39.8 Å². The molecule has 2 aromatic carbocycles. The molecule has 0 aliphatic carbocycles. The number of carbonyl (C=O) groups excluding carboxylic acids is 1. The molecule has 5 nitrogen and oxygen atoms in total. The van der Waals surface area contributed by atoms with Gasteiger partial charge in [0.25, 0.3) is 0 Å². The summed E-state index contributed by atoms with van der Waals surface area (Å²) in [7, 11) is 0. The van der Waals surface area contributed by atoms with Crippen molar-refractivity contribution in [2.45, 2.75) is 83.6 Å². The standard InChI is InChI=1S/C31H33F2N3O2S/c1-18-6-10-24(26(32)12-18)29-25(19-7-11-28(34-5)27(33)13-19)16-23(39-29)17-36-21-8-9-22(36)15-20(14-21)35-30(37)38-31(2,3)4/h6-7,10-13,16,20-22H,8-9,14-15,17H2,1-4H3,(H,35,37). The van der Waals surface area contributed by atoms with E-state index in [4.69, 9.17) is 11.3 Å². The van der Waals surface area contributed by atoms with E-state index in [1.165, 1.54) is 29.5 Å². The number of halogens is 2. The zero-order valence-electron chi connectivity index (χ0n) is 22.7. The van der Waals surface area contributed by atoms with Gasteiger partial charge in [-0.1, -0.05) is 24.3 Å². The summed E-state index contributed by atoms with van der Waals surface area (Å²) in [6, 6.07) is 12.6. The number of fused-ring (bicyclic) bond motifs is 2. The molecule has 1 N–H and O–H groups in total. The fraction of sp³-hybridized carbons (Fsp3) is 0.419. The molecule has 3 aromatic rings. The number of hydrogen-bond donors (Lipinski definition) is 1. The number of benzene rings is 2. The summed E-state index contributed by atoms with van der Waals surface area (Å²) in [6.07, 6.45) is 3.48. The molecule has 0 saturated carbocycles. The fourth-order valence-corrected chi connectivity index (χ4v) is 7.02. The Hall–Kier alpha value is -3.28. The second-order valence-electron chi connectivity index (χ2n) is 11.6. The number of rotatable bonds is 5. The number of amides is 1. The molecule has 2 unspecified atom stereocenters. The van der Waals surface area contributed by atoms with Crippen LogP contribution in [0.2, 0.25) is 0 Å². The van der Waals surface area contributed by atoms with Crippen molar-refractivity contribution < 1.29 is 18.3 Å². The third-order valence-corrected chi connectivity index (χ3v) is 8.63. The molecule has 204 valence electrons. The van der Waals surface area contributed by atoms with Crippen molar-refractivity contribution in [3.8, 4) is 21.6 Å². The Morgan fingerprint density at radius 3 is 2.41 bits per heavy atom. The van der Waals surface area contributed by atoms with E-state index in [0.717, 1.165) is 46.6 Å². The Kier molecular flexibility index (Phi) is 7.49. The Balaban J connectivity index is 1.40. The zero-order chi connectivity index (χ0) is 27.9. The van der Waals surface area contributed by atoms with Crippen LogP contribution < -0.4 is 5.32 Å². The number of thiophene rings is 1. The van der Waals surface area contributed by atoms with E-state index in [-0.39, 0.29) is 23.6 Å². The first-order valence-corrected chi connectivity index (χ1v) is 14.1. The molecule has 2 saturated heterocycles. The minimum absolute atomic E-state index is 0.0308. The number of alkyl carbamates (subject to hydrolysis) is 1. The van der Waals surface area contributed by atoms with Crippen molar-refractivity contribution in [1.29, 1.82) is 0 Å². The first-order chi connectivity index (χ1) is 18.5. The molecule has 2 bridgehead atoms. The smallest absolute Gasteiger partial charge is 0.407 e. The monoisotopic (exact) mass is 549 g/mol. The maximum atomic E-state index is 15.1. The number of ether oxygens (including phenoxy) is 1. The van der Waals surface area contributed by atoms with E-state index in [2.05, 4.69) is 15.1 Å². The predicted molar refractivity (Wildman–Crippen MR) is 151 cm³/mol. The normalized spacial score (nSPS) is 21.0. The lowest BCUT2D eigenvalue weighted by Gasteiger charge is -2.39. The number of aryl methyl sites for hydroxylation is 1. The number of nitrogens with zero attached hydrogens (tertiary/aromatic N) is 2. The van der Waals surface area contributed by atoms with Gasteiger partial charge in [-0.2, -0.15) is 0 Å². The second-order valence-corrected chi connectivity index (χ2v) is 12.7. The Morgan fingerprint density at radius 1 is 1.08 bits per heavy atom. The van der Waals surface area contributed by atoms with Gasteiger partial charge < -0.3 is 10.1 Å². The van der Waals surface area contributed by atoms with E-state index in [0.29, 0.717) is 29.8 Å². The highest BCUT2D eigenvalue weighted by Crippen LogP contribution is 2.44. The fourth-order valence-electron chi connectivity index (χ4n) is 5.81. The number of carbonyl (C=O) groups is 1. The van der Waals surface area contributed by atoms with Crippen molar-refractivity contribution in [2.75, 3.05) is 0 Å². The summed E-state index contributed by atoms with van der Waals surface area (Å²) >= 11 is 1.53. The van der Waals surface area contributed by atoms with E-state index >= 15 is 4.39 Å². The summed E-state index contributed by atoms with van der Waals surface area (Å²) in [5.41, 5.74) is 2.15. The van der Waals surface area contributed by atoms with Crippen molar-refractivity contribution in [3.63, 3.8) is 0 Å². The van der Waals surface area contributed by atoms with E-state index in [1.54, 1.807) is 12.1 Å². The Labute approximate surface area is 232 Å². The van der Waals surface area contributed by atoms with Gasteiger partial charge in [0.15, 0.2) is 0 Å². The summed E-state index contributed by atoms with van der Waals surface area (Å²) in [5, 5.41) is 3.06. The lowest BCUT2D eigenvalue weighted by atomic mass is 9.97. The van der Waals surface area contributed by atoms with Gasteiger partial charge in [0.05, 0.1) is 6.57 Å². The van der Waals surface area contributed by atoms with Crippen LogP contribution in [0.15, 0.2) is 42.5 Å². The van der Waals surface area contributed by atoms with E-state index in [9.17, 15) is 9.18 Å². The van der Waals surface area contributed by atoms with Crippen molar-refractivity contribution in [3.05, 3.63) is 76.0 Å². The van der Waals surface area contributed by atoms with Gasteiger partial charge in [-0.25, -0.2) is 18.4 Å². The molecule has 0 spiro atoms. The minimum Gasteiger partial charge on any atom is -0.444 e. The van der Waals surface area contributed by atoms with Gasteiger partial charge in [0.1, 0.15) is 17.2 Å². The summed E-state index contributed by atoms with van der Waals surface area (Å²) in [4.78, 5) is 19.9. The maximum Gasteiger partial charge on any atom is 0.407 e. The van der Waals surface area contributed by atoms with Gasteiger partial charge in [0.2, 0.25) is 5.69 Å². The van der Waals surface area contributed by atoms with Crippen molar-refractivity contribution in [2.24, 2.45) is 0 Å². The van der Waals surface area contributed by atoms with Crippen LogP contribution in [0.3, 0.4) is 0 Å². The third kappa shape index (κ3) is 6.00. The minimum atomic E-state index is -0.580. The molecule has 8 heteroatoms. The lowest BCUT2D eigenvalue weighted by Crippen LogP contribution is -2.50. The SMILES string of the molecule is [C-]#[N+]c1ccc(-c2cc(CN3C4CCC3CC(NC(=O)OC(C)(C)C)C4)sc2-c2ccc(C)cc2F)cc1F. The second kappa shape index (κ2) is 10.7. The first-order valence-electron chi connectivity index (χ1n) is 13.3. The first kappa shape index (κ1) is 27.3. The molecule has 2 aliphatic heterocycles. The third-order valence-electron chi connectivity index (χ3n) is 7.48. The summed E-state index contributed by atoms with van der Waals surface area (Å²) in [5.74, 6) is -0.889.